The van der Waals surface area contributed by atoms with Crippen LogP contribution in [0.4, 0.5) is 8.78 Å². The summed E-state index contributed by atoms with van der Waals surface area (Å²) in [6.07, 6.45) is 0.136. The van der Waals surface area contributed by atoms with Crippen molar-refractivity contribution in [1.82, 2.24) is 10.2 Å². The smallest absolute Gasteiger partial charge is 0.263 e. The lowest BCUT2D eigenvalue weighted by Crippen LogP contribution is -2.36. The lowest BCUT2D eigenvalue weighted by Gasteiger charge is -2.31. The lowest BCUT2D eigenvalue weighted by atomic mass is 9.97. The van der Waals surface area contributed by atoms with Crippen LogP contribution in [0.25, 0.3) is 0 Å². The molecular weight excluding hydrogens is 258 g/mol. The Bertz CT molecular complexity index is 384. The predicted octanol–water partition coefficient (Wildman–Crippen LogP) is 3.45. The highest BCUT2D eigenvalue weighted by Crippen LogP contribution is 2.19. The molecule has 0 bridgehead atoms. The molecule has 0 unspecified atom stereocenters. The zero-order valence-corrected chi connectivity index (χ0v) is 12.1. The molecule has 1 aliphatic rings. The molecule has 2 nitrogen and oxygen atoms in total. The standard InChI is InChI=1S/C16H24F2N2/c1-2-20-9-7-14(8-10-20)12-19-11-13-3-5-15(6-4-13)16(17)18/h3-6,14,16,19H,2,7-12H2,1H3. The summed E-state index contributed by atoms with van der Waals surface area (Å²) in [5, 5.41) is 3.45. The second-order valence-corrected chi connectivity index (χ2v) is 5.55. The first-order chi connectivity index (χ1) is 9.69. The maximum Gasteiger partial charge on any atom is 0.263 e. The van der Waals surface area contributed by atoms with Crippen molar-refractivity contribution in [3.63, 3.8) is 0 Å². The predicted molar refractivity (Wildman–Crippen MR) is 77.9 cm³/mol. The van der Waals surface area contributed by atoms with E-state index in [9.17, 15) is 8.78 Å². The summed E-state index contributed by atoms with van der Waals surface area (Å²) in [5.41, 5.74) is 1.17. The molecule has 4 heteroatoms. The Hall–Kier alpha value is -1.00. The molecule has 1 aliphatic heterocycles. The molecule has 0 amide bonds. The third-order valence-corrected chi connectivity index (χ3v) is 4.15. The van der Waals surface area contributed by atoms with Gasteiger partial charge in [-0.2, -0.15) is 0 Å². The van der Waals surface area contributed by atoms with Crippen molar-refractivity contribution in [2.75, 3.05) is 26.2 Å². The van der Waals surface area contributed by atoms with Crippen LogP contribution < -0.4 is 5.32 Å². The third kappa shape index (κ3) is 4.53. The summed E-state index contributed by atoms with van der Waals surface area (Å²) in [5.74, 6) is 0.748. The van der Waals surface area contributed by atoms with Crippen molar-refractivity contribution >= 4 is 0 Å². The van der Waals surface area contributed by atoms with E-state index in [-0.39, 0.29) is 5.56 Å². The molecular formula is C16H24F2N2. The van der Waals surface area contributed by atoms with Crippen LogP contribution in [0.2, 0.25) is 0 Å². The summed E-state index contributed by atoms with van der Waals surface area (Å²) in [6, 6.07) is 6.60. The molecule has 0 aromatic heterocycles. The Morgan fingerprint density at radius 3 is 2.40 bits per heavy atom. The summed E-state index contributed by atoms with van der Waals surface area (Å²) >= 11 is 0. The molecule has 1 aromatic rings. The number of rotatable bonds is 6. The number of hydrogen-bond donors (Lipinski definition) is 1. The Labute approximate surface area is 120 Å². The van der Waals surface area contributed by atoms with Crippen molar-refractivity contribution in [2.45, 2.75) is 32.7 Å². The maximum absolute atomic E-state index is 12.4. The molecule has 0 aliphatic carbocycles. The summed E-state index contributed by atoms with van der Waals surface area (Å²) in [6.45, 7) is 7.54. The zero-order chi connectivity index (χ0) is 14.4. The quantitative estimate of drug-likeness (QED) is 0.859. The molecule has 20 heavy (non-hydrogen) atoms. The fraction of sp³-hybridized carbons (Fsp3) is 0.625. The average molecular weight is 282 g/mol. The number of benzene rings is 1. The van der Waals surface area contributed by atoms with Crippen molar-refractivity contribution in [3.8, 4) is 0 Å². The van der Waals surface area contributed by atoms with Gasteiger partial charge in [-0.15, -0.1) is 0 Å². The Morgan fingerprint density at radius 1 is 1.20 bits per heavy atom. The highest BCUT2D eigenvalue weighted by molar-refractivity contribution is 5.23. The van der Waals surface area contributed by atoms with Gasteiger partial charge < -0.3 is 10.2 Å². The Balaban J connectivity index is 1.68. The van der Waals surface area contributed by atoms with E-state index in [1.165, 1.54) is 38.1 Å². The van der Waals surface area contributed by atoms with Gasteiger partial charge >= 0.3 is 0 Å². The largest absolute Gasteiger partial charge is 0.312 e. The first-order valence-electron chi connectivity index (χ1n) is 7.49. The molecule has 112 valence electrons. The fourth-order valence-electron chi connectivity index (χ4n) is 2.71. The van der Waals surface area contributed by atoms with Gasteiger partial charge in [0.1, 0.15) is 0 Å². The van der Waals surface area contributed by atoms with Crippen LogP contribution in [0.3, 0.4) is 0 Å². The first-order valence-corrected chi connectivity index (χ1v) is 7.49. The summed E-state index contributed by atoms with van der Waals surface area (Å²) < 4.78 is 24.9. The number of alkyl halides is 2. The normalized spacial score (nSPS) is 17.8. The number of hydrogen-bond acceptors (Lipinski definition) is 2. The van der Waals surface area contributed by atoms with Gasteiger partial charge in [-0.1, -0.05) is 31.2 Å². The Kier molecular flexibility index (Phi) is 5.92. The molecule has 1 aromatic carbocycles. The molecule has 2 rings (SSSR count). The number of halogens is 2. The first kappa shape index (κ1) is 15.4. The van der Waals surface area contributed by atoms with Crippen LogP contribution in [0.1, 0.15) is 37.3 Å². The molecule has 1 saturated heterocycles. The lowest BCUT2D eigenvalue weighted by molar-refractivity contribution is 0.151. The van der Waals surface area contributed by atoms with Crippen molar-refractivity contribution in [1.29, 1.82) is 0 Å². The second kappa shape index (κ2) is 7.70. The van der Waals surface area contributed by atoms with E-state index in [0.717, 1.165) is 31.1 Å². The van der Waals surface area contributed by atoms with E-state index in [4.69, 9.17) is 0 Å². The SMILES string of the molecule is CCN1CCC(CNCc2ccc(C(F)F)cc2)CC1. The molecule has 0 spiro atoms. The van der Waals surface area contributed by atoms with Crippen LogP contribution >= 0.6 is 0 Å². The monoisotopic (exact) mass is 282 g/mol. The third-order valence-electron chi connectivity index (χ3n) is 4.15. The van der Waals surface area contributed by atoms with Crippen molar-refractivity contribution < 1.29 is 8.78 Å². The number of piperidine rings is 1. The molecule has 0 radical (unpaired) electrons. The van der Waals surface area contributed by atoms with Crippen molar-refractivity contribution in [2.24, 2.45) is 5.92 Å². The minimum Gasteiger partial charge on any atom is -0.312 e. The van der Waals surface area contributed by atoms with E-state index in [1.54, 1.807) is 12.1 Å². The molecule has 0 atom stereocenters. The topological polar surface area (TPSA) is 15.3 Å². The van der Waals surface area contributed by atoms with Gasteiger partial charge in [0.15, 0.2) is 0 Å². The number of nitrogens with one attached hydrogen (secondary N) is 1. The van der Waals surface area contributed by atoms with E-state index < -0.39 is 6.43 Å². The van der Waals surface area contributed by atoms with Gasteiger partial charge in [-0.05, 0) is 50.5 Å². The van der Waals surface area contributed by atoms with Gasteiger partial charge in [0.25, 0.3) is 6.43 Å². The summed E-state index contributed by atoms with van der Waals surface area (Å²) in [7, 11) is 0. The van der Waals surface area contributed by atoms with Gasteiger partial charge in [-0.3, -0.25) is 0 Å². The van der Waals surface area contributed by atoms with Crippen LogP contribution in [0.5, 0.6) is 0 Å². The fourth-order valence-corrected chi connectivity index (χ4v) is 2.71. The van der Waals surface area contributed by atoms with Gasteiger partial charge in [0.2, 0.25) is 0 Å². The average Bonchev–Trinajstić information content (AvgIpc) is 2.48. The molecule has 1 fully saturated rings. The molecule has 1 heterocycles. The van der Waals surface area contributed by atoms with E-state index in [1.807, 2.05) is 0 Å². The minimum absolute atomic E-state index is 0.0979. The van der Waals surface area contributed by atoms with Crippen molar-refractivity contribution in [3.05, 3.63) is 35.4 Å². The van der Waals surface area contributed by atoms with Crippen LogP contribution in [0.15, 0.2) is 24.3 Å². The van der Waals surface area contributed by atoms with E-state index >= 15 is 0 Å². The van der Waals surface area contributed by atoms with E-state index in [0.29, 0.717) is 0 Å². The zero-order valence-electron chi connectivity index (χ0n) is 12.1. The molecule has 0 saturated carbocycles. The highest BCUT2D eigenvalue weighted by Gasteiger charge is 2.17. The van der Waals surface area contributed by atoms with E-state index in [2.05, 4.69) is 17.1 Å². The maximum atomic E-state index is 12.4. The van der Waals surface area contributed by atoms with Crippen LogP contribution in [-0.4, -0.2) is 31.1 Å². The summed E-state index contributed by atoms with van der Waals surface area (Å²) in [4.78, 5) is 2.49. The minimum atomic E-state index is -2.37. The second-order valence-electron chi connectivity index (χ2n) is 5.55. The highest BCUT2D eigenvalue weighted by atomic mass is 19.3. The van der Waals surface area contributed by atoms with Gasteiger partial charge in [0, 0.05) is 12.1 Å². The van der Waals surface area contributed by atoms with Gasteiger partial charge in [0.05, 0.1) is 0 Å². The number of nitrogens with zero attached hydrogens (tertiary/aromatic N) is 1. The van der Waals surface area contributed by atoms with Crippen LogP contribution in [-0.2, 0) is 6.54 Å². The number of likely N-dealkylation sites (tertiary alicyclic amines) is 1. The van der Waals surface area contributed by atoms with Gasteiger partial charge in [-0.25, -0.2) is 8.78 Å². The Morgan fingerprint density at radius 2 is 1.85 bits per heavy atom. The molecule has 1 N–H and O–H groups in total. The van der Waals surface area contributed by atoms with Crippen LogP contribution in [0, 0.1) is 5.92 Å².